The van der Waals surface area contributed by atoms with E-state index in [-0.39, 0.29) is 11.6 Å². The maximum atomic E-state index is 12.0. The highest BCUT2D eigenvalue weighted by Crippen LogP contribution is 2.13. The average Bonchev–Trinajstić information content (AvgIpc) is 2.99. The zero-order chi connectivity index (χ0) is 17.6. The van der Waals surface area contributed by atoms with Gasteiger partial charge in [-0.25, -0.2) is 4.79 Å². The molecule has 0 saturated carbocycles. The van der Waals surface area contributed by atoms with Gasteiger partial charge in [-0.3, -0.25) is 4.79 Å². The molecule has 1 amide bonds. The van der Waals surface area contributed by atoms with E-state index in [2.05, 4.69) is 15.3 Å². The third-order valence-electron chi connectivity index (χ3n) is 4.12. The number of hydrogen-bond acceptors (Lipinski definition) is 3. The quantitative estimate of drug-likeness (QED) is 0.616. The molecule has 0 aliphatic carbocycles. The molecule has 6 heteroatoms. The Labute approximate surface area is 145 Å². The normalized spacial score (nSPS) is 10.8. The molecule has 0 radical (unpaired) electrons. The summed E-state index contributed by atoms with van der Waals surface area (Å²) in [6.07, 6.45) is 1.88. The van der Waals surface area contributed by atoms with Crippen molar-refractivity contribution < 1.29 is 9.53 Å². The number of aryl methyl sites for hydroxylation is 1. The number of imidazole rings is 1. The van der Waals surface area contributed by atoms with Gasteiger partial charge in [0.05, 0.1) is 18.1 Å². The van der Waals surface area contributed by atoms with Crippen molar-refractivity contribution in [3.63, 3.8) is 0 Å². The van der Waals surface area contributed by atoms with Crippen molar-refractivity contribution in [1.82, 2.24) is 15.3 Å². The number of amides is 1. The second-order valence-electron chi connectivity index (χ2n) is 5.91. The SMILES string of the molecule is COc1ccc(CCC(=O)NCCc2ccc3[nH]c(=O)[nH]c3c2)cc1. The van der Waals surface area contributed by atoms with Crippen LogP contribution in [0.25, 0.3) is 11.0 Å². The second-order valence-corrected chi connectivity index (χ2v) is 5.91. The molecule has 130 valence electrons. The predicted molar refractivity (Wildman–Crippen MR) is 96.9 cm³/mol. The molecule has 0 fully saturated rings. The molecule has 3 rings (SSSR count). The van der Waals surface area contributed by atoms with Gasteiger partial charge in [0.15, 0.2) is 0 Å². The number of fused-ring (bicyclic) bond motifs is 1. The number of rotatable bonds is 7. The Morgan fingerprint density at radius 3 is 2.48 bits per heavy atom. The molecule has 0 saturated heterocycles. The third kappa shape index (κ3) is 4.50. The molecular formula is C19H21N3O3. The van der Waals surface area contributed by atoms with Crippen molar-refractivity contribution in [3.05, 3.63) is 64.1 Å². The van der Waals surface area contributed by atoms with Gasteiger partial charge in [0, 0.05) is 13.0 Å². The monoisotopic (exact) mass is 339 g/mol. The van der Waals surface area contributed by atoms with Gasteiger partial charge >= 0.3 is 5.69 Å². The molecule has 6 nitrogen and oxygen atoms in total. The lowest BCUT2D eigenvalue weighted by Gasteiger charge is -2.06. The van der Waals surface area contributed by atoms with Gasteiger partial charge in [0.2, 0.25) is 5.91 Å². The first-order chi connectivity index (χ1) is 12.1. The van der Waals surface area contributed by atoms with Gasteiger partial charge in [0.1, 0.15) is 5.75 Å². The first-order valence-corrected chi connectivity index (χ1v) is 8.24. The van der Waals surface area contributed by atoms with E-state index < -0.39 is 0 Å². The van der Waals surface area contributed by atoms with Crippen LogP contribution < -0.4 is 15.7 Å². The number of nitrogens with one attached hydrogen (secondary N) is 3. The Hall–Kier alpha value is -3.02. The Bertz CT molecular complexity index is 910. The van der Waals surface area contributed by atoms with Crippen LogP contribution in [0.1, 0.15) is 17.5 Å². The summed E-state index contributed by atoms with van der Waals surface area (Å²) in [5, 5.41) is 2.93. The van der Waals surface area contributed by atoms with Gasteiger partial charge in [-0.1, -0.05) is 18.2 Å². The van der Waals surface area contributed by atoms with Crippen LogP contribution >= 0.6 is 0 Å². The number of methoxy groups -OCH3 is 1. The van der Waals surface area contributed by atoms with Crippen LogP contribution in [0.2, 0.25) is 0 Å². The summed E-state index contributed by atoms with van der Waals surface area (Å²) in [4.78, 5) is 28.7. The number of carbonyl (C=O) groups is 1. The zero-order valence-electron chi connectivity index (χ0n) is 14.1. The highest BCUT2D eigenvalue weighted by Gasteiger charge is 2.04. The molecule has 1 aromatic heterocycles. The topological polar surface area (TPSA) is 87.0 Å². The molecule has 0 atom stereocenters. The number of aromatic amines is 2. The Kier molecular flexibility index (Phi) is 5.18. The van der Waals surface area contributed by atoms with Crippen LogP contribution in [0.4, 0.5) is 0 Å². The third-order valence-corrected chi connectivity index (χ3v) is 4.12. The molecule has 3 aromatic rings. The van der Waals surface area contributed by atoms with E-state index >= 15 is 0 Å². The standard InChI is InChI=1S/C19H21N3O3/c1-25-15-6-2-13(3-7-15)5-9-18(23)20-11-10-14-4-8-16-17(12-14)22-19(24)21-16/h2-4,6-8,12H,5,9-11H2,1H3,(H,20,23)(H2,21,22,24). The molecular weight excluding hydrogens is 318 g/mol. The second kappa shape index (κ2) is 7.70. The van der Waals surface area contributed by atoms with E-state index in [1.165, 1.54) is 0 Å². The Morgan fingerprint density at radius 2 is 1.72 bits per heavy atom. The molecule has 0 aliphatic heterocycles. The summed E-state index contributed by atoms with van der Waals surface area (Å²) < 4.78 is 5.12. The minimum absolute atomic E-state index is 0.0342. The molecule has 1 heterocycles. The maximum Gasteiger partial charge on any atom is 0.323 e. The average molecular weight is 339 g/mol. The minimum atomic E-state index is -0.209. The molecule has 3 N–H and O–H groups in total. The first kappa shape index (κ1) is 16.8. The summed E-state index contributed by atoms with van der Waals surface area (Å²) in [6.45, 7) is 0.571. The van der Waals surface area contributed by atoms with E-state index in [9.17, 15) is 9.59 Å². The van der Waals surface area contributed by atoms with E-state index in [0.717, 1.165) is 34.3 Å². The van der Waals surface area contributed by atoms with Crippen LogP contribution in [0.5, 0.6) is 5.75 Å². The highest BCUT2D eigenvalue weighted by atomic mass is 16.5. The Morgan fingerprint density at radius 1 is 1.00 bits per heavy atom. The zero-order valence-corrected chi connectivity index (χ0v) is 14.1. The number of carbonyl (C=O) groups excluding carboxylic acids is 1. The smallest absolute Gasteiger partial charge is 0.323 e. The molecule has 25 heavy (non-hydrogen) atoms. The van der Waals surface area contributed by atoms with Crippen LogP contribution in [-0.4, -0.2) is 29.5 Å². The van der Waals surface area contributed by atoms with Gasteiger partial charge < -0.3 is 20.0 Å². The van der Waals surface area contributed by atoms with Crippen molar-refractivity contribution in [1.29, 1.82) is 0 Å². The number of aromatic nitrogens is 2. The summed E-state index contributed by atoms with van der Waals surface area (Å²) in [7, 11) is 1.63. The lowest BCUT2D eigenvalue weighted by Crippen LogP contribution is -2.25. The molecule has 0 unspecified atom stereocenters. The molecule has 0 bridgehead atoms. The summed E-state index contributed by atoms with van der Waals surface area (Å²) >= 11 is 0. The van der Waals surface area contributed by atoms with Crippen LogP contribution in [0.15, 0.2) is 47.3 Å². The van der Waals surface area contributed by atoms with Crippen molar-refractivity contribution >= 4 is 16.9 Å². The summed E-state index contributed by atoms with van der Waals surface area (Å²) in [5.74, 6) is 0.848. The van der Waals surface area contributed by atoms with Crippen molar-refractivity contribution in [3.8, 4) is 5.75 Å². The number of hydrogen-bond donors (Lipinski definition) is 3. The summed E-state index contributed by atoms with van der Waals surface area (Å²) in [5.41, 5.74) is 3.54. The minimum Gasteiger partial charge on any atom is -0.497 e. The van der Waals surface area contributed by atoms with Crippen molar-refractivity contribution in [2.24, 2.45) is 0 Å². The fourth-order valence-corrected chi connectivity index (χ4v) is 2.72. The van der Waals surface area contributed by atoms with Gasteiger partial charge in [0.25, 0.3) is 0 Å². The van der Waals surface area contributed by atoms with E-state index in [4.69, 9.17) is 4.74 Å². The fourth-order valence-electron chi connectivity index (χ4n) is 2.72. The Balaban J connectivity index is 1.44. The fraction of sp³-hybridized carbons (Fsp3) is 0.263. The van der Waals surface area contributed by atoms with Crippen LogP contribution in [0.3, 0.4) is 0 Å². The van der Waals surface area contributed by atoms with Crippen LogP contribution in [0, 0.1) is 0 Å². The van der Waals surface area contributed by atoms with Crippen molar-refractivity contribution in [2.75, 3.05) is 13.7 Å². The van der Waals surface area contributed by atoms with E-state index in [0.29, 0.717) is 19.4 Å². The lowest BCUT2D eigenvalue weighted by molar-refractivity contribution is -0.121. The van der Waals surface area contributed by atoms with E-state index in [1.807, 2.05) is 42.5 Å². The van der Waals surface area contributed by atoms with Crippen molar-refractivity contribution in [2.45, 2.75) is 19.3 Å². The largest absolute Gasteiger partial charge is 0.497 e. The highest BCUT2D eigenvalue weighted by molar-refractivity contribution is 5.76. The predicted octanol–water partition coefficient (Wildman–Crippen LogP) is 2.16. The molecule has 2 aromatic carbocycles. The van der Waals surface area contributed by atoms with Gasteiger partial charge in [-0.2, -0.15) is 0 Å². The summed E-state index contributed by atoms with van der Waals surface area (Å²) in [6, 6.07) is 13.5. The molecule has 0 aliphatic rings. The van der Waals surface area contributed by atoms with Gasteiger partial charge in [-0.05, 0) is 48.2 Å². The number of H-pyrrole nitrogens is 2. The van der Waals surface area contributed by atoms with Gasteiger partial charge in [-0.15, -0.1) is 0 Å². The molecule has 0 spiro atoms. The number of benzene rings is 2. The number of ether oxygens (including phenoxy) is 1. The lowest BCUT2D eigenvalue weighted by atomic mass is 10.1. The van der Waals surface area contributed by atoms with Crippen LogP contribution in [-0.2, 0) is 17.6 Å². The maximum absolute atomic E-state index is 12.0. The first-order valence-electron chi connectivity index (χ1n) is 8.24. The van der Waals surface area contributed by atoms with E-state index in [1.54, 1.807) is 7.11 Å².